The average molecular weight is 352 g/mol. The molecule has 0 aromatic rings. The Morgan fingerprint density at radius 1 is 1.44 bits per heavy atom. The van der Waals surface area contributed by atoms with E-state index in [2.05, 4.69) is 28.4 Å². The molecule has 0 spiro atoms. The average Bonchev–Trinajstić information content (AvgIpc) is 2.54. The Balaban J connectivity index is 2.75. The number of nitrogens with one attached hydrogen (secondary N) is 2. The third-order valence-corrected chi connectivity index (χ3v) is 4.63. The fraction of sp³-hybridized carbons (Fsp3) is 0.667. The molecule has 0 aliphatic heterocycles. The summed E-state index contributed by atoms with van der Waals surface area (Å²) in [5.74, 6) is -0.172. The number of amides is 2. The maximum atomic E-state index is 12.3. The summed E-state index contributed by atoms with van der Waals surface area (Å²) in [6, 6.07) is -0.0198. The number of likely N-dealkylation sites (N-methyl/N-ethyl adjacent to an activating group) is 1. The van der Waals surface area contributed by atoms with Crippen molar-refractivity contribution in [2.45, 2.75) is 58.2 Å². The summed E-state index contributed by atoms with van der Waals surface area (Å²) in [6.45, 7) is 8.04. The third kappa shape index (κ3) is 5.77. The van der Waals surface area contributed by atoms with E-state index in [1.165, 1.54) is 12.7 Å². The number of rotatable bonds is 7. The fourth-order valence-corrected chi connectivity index (χ4v) is 3.20. The van der Waals surface area contributed by atoms with Gasteiger partial charge in [-0.1, -0.05) is 18.6 Å². The van der Waals surface area contributed by atoms with E-state index < -0.39 is 11.6 Å². The highest BCUT2D eigenvalue weighted by Gasteiger charge is 2.30. The van der Waals surface area contributed by atoms with Gasteiger partial charge in [-0.25, -0.2) is 4.79 Å². The van der Waals surface area contributed by atoms with Gasteiger partial charge in [0.25, 0.3) is 0 Å². The number of nitrogens with two attached hydrogens (primary N) is 1. The summed E-state index contributed by atoms with van der Waals surface area (Å²) in [6.07, 6.45) is 5.04. The van der Waals surface area contributed by atoms with Crippen LogP contribution in [0.4, 0.5) is 4.79 Å². The number of alkyl carbamates (subject to hydrolysis) is 1. The van der Waals surface area contributed by atoms with Crippen molar-refractivity contribution in [1.82, 2.24) is 15.5 Å². The van der Waals surface area contributed by atoms with Crippen LogP contribution in [0.15, 0.2) is 23.4 Å². The quantitative estimate of drug-likeness (QED) is 0.645. The number of carbonyl (C=O) groups is 2. The Morgan fingerprint density at radius 2 is 2.08 bits per heavy atom. The van der Waals surface area contributed by atoms with Crippen LogP contribution in [0.25, 0.3) is 0 Å². The molecule has 0 bridgehead atoms. The number of hydrogen-bond donors (Lipinski definition) is 3. The maximum Gasteiger partial charge on any atom is 0.407 e. The molecule has 1 rings (SSSR count). The van der Waals surface area contributed by atoms with Crippen molar-refractivity contribution in [1.29, 1.82) is 0 Å². The van der Waals surface area contributed by atoms with Gasteiger partial charge in [0.1, 0.15) is 6.54 Å². The Morgan fingerprint density at radius 3 is 2.60 bits per heavy atom. The molecule has 0 aromatic carbocycles. The second kappa shape index (κ2) is 8.89. The van der Waals surface area contributed by atoms with E-state index in [1.54, 1.807) is 11.9 Å². The van der Waals surface area contributed by atoms with Gasteiger partial charge in [0.2, 0.25) is 5.91 Å². The SMILES string of the molecule is CCC([C@@H](C)NC1=CC=C(C)C[C@]1(C)N)N(C)C(=O)CNC(=O)OC. The van der Waals surface area contributed by atoms with Crippen molar-refractivity contribution in [3.63, 3.8) is 0 Å². The van der Waals surface area contributed by atoms with E-state index in [0.717, 1.165) is 18.5 Å². The van der Waals surface area contributed by atoms with Crippen LogP contribution in [0.3, 0.4) is 0 Å². The molecule has 7 nitrogen and oxygen atoms in total. The number of methoxy groups -OCH3 is 1. The van der Waals surface area contributed by atoms with Crippen molar-refractivity contribution < 1.29 is 14.3 Å². The molecule has 0 heterocycles. The van der Waals surface area contributed by atoms with Gasteiger partial charge in [0, 0.05) is 18.8 Å². The van der Waals surface area contributed by atoms with Crippen molar-refractivity contribution in [2.75, 3.05) is 20.7 Å². The second-order valence-electron chi connectivity index (χ2n) is 6.95. The van der Waals surface area contributed by atoms with Crippen LogP contribution in [-0.2, 0) is 9.53 Å². The molecule has 142 valence electrons. The number of hydrogen-bond acceptors (Lipinski definition) is 5. The first-order valence-corrected chi connectivity index (χ1v) is 8.63. The highest BCUT2D eigenvalue weighted by Crippen LogP contribution is 2.26. The zero-order valence-electron chi connectivity index (χ0n) is 16.2. The molecule has 1 aliphatic rings. The zero-order chi connectivity index (χ0) is 19.2. The Hall–Kier alpha value is -2.02. The highest BCUT2D eigenvalue weighted by molar-refractivity contribution is 5.82. The predicted molar refractivity (Wildman–Crippen MR) is 98.9 cm³/mol. The van der Waals surface area contributed by atoms with Crippen LogP contribution in [0.1, 0.15) is 40.5 Å². The largest absolute Gasteiger partial charge is 0.453 e. The molecule has 2 amide bonds. The fourth-order valence-electron chi connectivity index (χ4n) is 3.20. The Kier molecular flexibility index (Phi) is 7.48. The summed E-state index contributed by atoms with van der Waals surface area (Å²) < 4.78 is 4.49. The molecule has 0 aromatic heterocycles. The summed E-state index contributed by atoms with van der Waals surface area (Å²) >= 11 is 0. The third-order valence-electron chi connectivity index (χ3n) is 4.63. The van der Waals surface area contributed by atoms with Crippen LogP contribution in [0.2, 0.25) is 0 Å². The van der Waals surface area contributed by atoms with Crippen LogP contribution < -0.4 is 16.4 Å². The molecule has 25 heavy (non-hydrogen) atoms. The van der Waals surface area contributed by atoms with Gasteiger partial charge in [0.05, 0.1) is 18.7 Å². The number of ether oxygens (including phenoxy) is 1. The van der Waals surface area contributed by atoms with E-state index in [0.29, 0.717) is 0 Å². The van der Waals surface area contributed by atoms with Gasteiger partial charge >= 0.3 is 6.09 Å². The number of nitrogens with zero attached hydrogens (tertiary/aromatic N) is 1. The summed E-state index contributed by atoms with van der Waals surface area (Å²) in [5.41, 5.74) is 8.19. The topological polar surface area (TPSA) is 96.7 Å². The first-order valence-electron chi connectivity index (χ1n) is 8.63. The van der Waals surface area contributed by atoms with Gasteiger partial charge in [-0.05, 0) is 39.7 Å². The molecule has 4 N–H and O–H groups in total. The summed E-state index contributed by atoms with van der Waals surface area (Å²) in [4.78, 5) is 25.1. The van der Waals surface area contributed by atoms with E-state index in [4.69, 9.17) is 5.73 Å². The van der Waals surface area contributed by atoms with Crippen LogP contribution in [-0.4, -0.2) is 55.2 Å². The van der Waals surface area contributed by atoms with Crippen LogP contribution >= 0.6 is 0 Å². The van der Waals surface area contributed by atoms with E-state index in [-0.39, 0.29) is 24.5 Å². The lowest BCUT2D eigenvalue weighted by Gasteiger charge is -2.38. The van der Waals surface area contributed by atoms with Crippen LogP contribution in [0.5, 0.6) is 0 Å². The van der Waals surface area contributed by atoms with E-state index in [9.17, 15) is 9.59 Å². The lowest BCUT2D eigenvalue weighted by atomic mass is 9.86. The van der Waals surface area contributed by atoms with Crippen molar-refractivity contribution >= 4 is 12.0 Å². The molecule has 1 aliphatic carbocycles. The van der Waals surface area contributed by atoms with Gasteiger partial charge in [0.15, 0.2) is 0 Å². The van der Waals surface area contributed by atoms with Crippen molar-refractivity contribution in [3.8, 4) is 0 Å². The number of allylic oxidation sites excluding steroid dienone is 2. The summed E-state index contributed by atoms with van der Waals surface area (Å²) in [7, 11) is 3.01. The minimum atomic E-state index is -0.616. The lowest BCUT2D eigenvalue weighted by Crippen LogP contribution is -2.54. The van der Waals surface area contributed by atoms with Gasteiger partial charge in [-0.15, -0.1) is 0 Å². The minimum Gasteiger partial charge on any atom is -0.453 e. The molecule has 0 saturated heterocycles. The first-order chi connectivity index (χ1) is 11.6. The number of carbonyl (C=O) groups excluding carboxylic acids is 2. The van der Waals surface area contributed by atoms with E-state index >= 15 is 0 Å². The van der Waals surface area contributed by atoms with E-state index in [1.807, 2.05) is 26.8 Å². The Bertz CT molecular complexity index is 555. The second-order valence-corrected chi connectivity index (χ2v) is 6.95. The Labute approximate surface area is 150 Å². The first kappa shape index (κ1) is 21.0. The normalized spacial score (nSPS) is 22.2. The minimum absolute atomic E-state index is 0.0120. The molecular formula is C18H32N4O3. The van der Waals surface area contributed by atoms with Gasteiger partial charge in [-0.3, -0.25) is 4.79 Å². The maximum absolute atomic E-state index is 12.3. The van der Waals surface area contributed by atoms with Gasteiger partial charge in [-0.2, -0.15) is 0 Å². The van der Waals surface area contributed by atoms with Gasteiger partial charge < -0.3 is 26.0 Å². The molecular weight excluding hydrogens is 320 g/mol. The molecule has 0 radical (unpaired) electrons. The zero-order valence-corrected chi connectivity index (χ0v) is 16.2. The monoisotopic (exact) mass is 352 g/mol. The molecule has 7 heteroatoms. The predicted octanol–water partition coefficient (Wildman–Crippen LogP) is 1.51. The van der Waals surface area contributed by atoms with Crippen molar-refractivity contribution in [2.24, 2.45) is 5.73 Å². The summed E-state index contributed by atoms with van der Waals surface area (Å²) in [5, 5.41) is 5.90. The van der Waals surface area contributed by atoms with Crippen molar-refractivity contribution in [3.05, 3.63) is 23.4 Å². The van der Waals surface area contributed by atoms with Crippen LogP contribution in [0, 0.1) is 0 Å². The standard InChI is InChI=1S/C18H32N4O3/c1-7-14(22(5)16(23)11-20-17(24)25-6)13(3)21-15-9-8-12(2)10-18(15,4)19/h8-9,13-14,21H,7,10-11,19H2,1-6H3,(H,20,24)/t13-,14?,18+/m1/s1. The smallest absolute Gasteiger partial charge is 0.407 e. The highest BCUT2D eigenvalue weighted by atomic mass is 16.5. The molecule has 3 atom stereocenters. The molecule has 1 unspecified atom stereocenters. The molecule has 0 saturated carbocycles. The molecule has 0 fully saturated rings. The lowest BCUT2D eigenvalue weighted by molar-refractivity contribution is -0.131.